The Morgan fingerprint density at radius 1 is 1.17 bits per heavy atom. The van der Waals surface area contributed by atoms with Gasteiger partial charge < -0.3 is 10.2 Å². The fourth-order valence-corrected chi connectivity index (χ4v) is 5.18. The number of benzene rings is 1. The highest BCUT2D eigenvalue weighted by atomic mass is 35.5. The van der Waals surface area contributed by atoms with E-state index >= 15 is 0 Å². The zero-order valence-electron chi connectivity index (χ0n) is 20.2. The first kappa shape index (κ1) is 26.1. The predicted molar refractivity (Wildman–Crippen MR) is 126 cm³/mol. The molecule has 2 aromatic heterocycles. The lowest BCUT2D eigenvalue weighted by molar-refractivity contribution is -0.181. The molecule has 2 aliphatic rings. The number of hydrogen-bond donors (Lipinski definition) is 1. The molecule has 3 atom stereocenters. The second kappa shape index (κ2) is 8.29. The Hall–Kier alpha value is -2.95. The second-order valence-corrected chi connectivity index (χ2v) is 9.46. The molecule has 1 saturated carbocycles. The maximum Gasteiger partial charge on any atom is 0.401 e. The summed E-state index contributed by atoms with van der Waals surface area (Å²) in [7, 11) is 1.29. The van der Waals surface area contributed by atoms with Crippen molar-refractivity contribution in [1.29, 1.82) is 0 Å². The van der Waals surface area contributed by atoms with Crippen LogP contribution >= 0.6 is 11.6 Å². The molecule has 6 nitrogen and oxygen atoms in total. The molecule has 194 valence electrons. The fraction of sp³-hybridized carbons (Fsp3) is 0.458. The van der Waals surface area contributed by atoms with Crippen LogP contribution in [0, 0.1) is 5.41 Å². The number of carbonyl (C=O) groups excluding carboxylic acids is 1. The van der Waals surface area contributed by atoms with Gasteiger partial charge in [-0.15, -0.1) is 0 Å². The molecule has 3 heterocycles. The standard InChI is InChI=1S/C22H19ClF5N5O.C2H6/c1-19(22(26,27)28)10-32(13-9-30-15-8-14(23)31-33(15)17(13)19)12-6-4-11(5-7-12)16-20(2,18(34)29-3)21(16,24)25;1-2/h4-9,16H,10H2,1-3H3,(H,29,34);1-2H3. The molecule has 3 aromatic rings. The van der Waals surface area contributed by atoms with Gasteiger partial charge in [0.1, 0.15) is 10.8 Å². The van der Waals surface area contributed by atoms with E-state index < -0.39 is 41.3 Å². The normalized spacial score (nSPS) is 26.3. The highest BCUT2D eigenvalue weighted by Crippen LogP contribution is 2.71. The molecule has 36 heavy (non-hydrogen) atoms. The van der Waals surface area contributed by atoms with E-state index in [0.717, 1.165) is 11.4 Å². The van der Waals surface area contributed by atoms with Crippen molar-refractivity contribution in [2.45, 2.75) is 51.1 Å². The van der Waals surface area contributed by atoms with Crippen LogP contribution in [0.1, 0.15) is 44.9 Å². The first-order chi connectivity index (χ1) is 16.8. The van der Waals surface area contributed by atoms with Crippen LogP contribution in [-0.2, 0) is 10.2 Å². The summed E-state index contributed by atoms with van der Waals surface area (Å²) >= 11 is 5.92. The molecule has 12 heteroatoms. The van der Waals surface area contributed by atoms with Gasteiger partial charge in [0.15, 0.2) is 10.8 Å². The number of alkyl halides is 5. The van der Waals surface area contributed by atoms with E-state index in [2.05, 4.69) is 15.4 Å². The number of anilines is 2. The lowest BCUT2D eigenvalue weighted by Crippen LogP contribution is -2.43. The minimum Gasteiger partial charge on any atom is -0.358 e. The Kier molecular flexibility index (Phi) is 6.02. The van der Waals surface area contributed by atoms with Crippen LogP contribution in [0.5, 0.6) is 0 Å². The molecule has 0 radical (unpaired) electrons. The monoisotopic (exact) mass is 529 g/mol. The topological polar surface area (TPSA) is 62.5 Å². The highest BCUT2D eigenvalue weighted by Gasteiger charge is 2.82. The van der Waals surface area contributed by atoms with Gasteiger partial charge in [-0.2, -0.15) is 18.3 Å². The SMILES string of the molecule is CC.CNC(=O)C1(C)C(c2ccc(N3CC(C)(C(F)(F)F)c4c3cnc3cc(Cl)nn43)cc2)C1(F)F. The van der Waals surface area contributed by atoms with Gasteiger partial charge in [-0.25, -0.2) is 18.3 Å². The van der Waals surface area contributed by atoms with E-state index in [0.29, 0.717) is 5.69 Å². The number of nitrogens with zero attached hydrogens (tertiary/aromatic N) is 4. The summed E-state index contributed by atoms with van der Waals surface area (Å²) in [6, 6.07) is 7.15. The van der Waals surface area contributed by atoms with E-state index in [-0.39, 0.29) is 27.7 Å². The van der Waals surface area contributed by atoms with Crippen molar-refractivity contribution in [1.82, 2.24) is 19.9 Å². The molecule has 0 spiro atoms. The maximum atomic E-state index is 14.5. The van der Waals surface area contributed by atoms with Crippen LogP contribution in [-0.4, -0.2) is 46.2 Å². The zero-order chi connectivity index (χ0) is 26.8. The first-order valence-electron chi connectivity index (χ1n) is 11.4. The maximum absolute atomic E-state index is 14.5. The summed E-state index contributed by atoms with van der Waals surface area (Å²) < 4.78 is 72.9. The number of carbonyl (C=O) groups is 1. The molecule has 3 unspecified atom stereocenters. The van der Waals surface area contributed by atoms with Crippen molar-refractivity contribution in [3.05, 3.63) is 52.9 Å². The van der Waals surface area contributed by atoms with Crippen molar-refractivity contribution in [3.8, 4) is 0 Å². The molecule has 1 aliphatic heterocycles. The highest BCUT2D eigenvalue weighted by molar-refractivity contribution is 6.29. The summed E-state index contributed by atoms with van der Waals surface area (Å²) in [4.78, 5) is 17.7. The van der Waals surface area contributed by atoms with E-state index in [4.69, 9.17) is 11.6 Å². The van der Waals surface area contributed by atoms with Crippen LogP contribution in [0.25, 0.3) is 5.65 Å². The quantitative estimate of drug-likeness (QED) is 0.431. The van der Waals surface area contributed by atoms with Crippen molar-refractivity contribution in [2.75, 3.05) is 18.5 Å². The minimum atomic E-state index is -4.62. The number of fused-ring (bicyclic) bond motifs is 3. The molecule has 1 amide bonds. The Morgan fingerprint density at radius 2 is 1.78 bits per heavy atom. The number of halogens is 6. The summed E-state index contributed by atoms with van der Waals surface area (Å²) in [6.07, 6.45) is -3.29. The number of aromatic nitrogens is 3. The summed E-state index contributed by atoms with van der Waals surface area (Å²) in [5.74, 6) is -5.33. The van der Waals surface area contributed by atoms with E-state index in [1.165, 1.54) is 55.4 Å². The van der Waals surface area contributed by atoms with Crippen LogP contribution in [0.3, 0.4) is 0 Å². The Labute approximate surface area is 209 Å². The van der Waals surface area contributed by atoms with Crippen molar-refractivity contribution in [2.24, 2.45) is 5.41 Å². The van der Waals surface area contributed by atoms with Crippen LogP contribution in [0.4, 0.5) is 33.3 Å². The van der Waals surface area contributed by atoms with Crippen molar-refractivity contribution in [3.63, 3.8) is 0 Å². The molecular formula is C24H25ClF5N5O. The summed E-state index contributed by atoms with van der Waals surface area (Å²) in [5.41, 5.74) is -3.32. The van der Waals surface area contributed by atoms with Gasteiger partial charge >= 0.3 is 6.18 Å². The lowest BCUT2D eigenvalue weighted by atomic mass is 9.87. The molecule has 5 rings (SSSR count). The van der Waals surface area contributed by atoms with Crippen molar-refractivity contribution < 1.29 is 26.7 Å². The van der Waals surface area contributed by atoms with Gasteiger partial charge in [-0.05, 0) is 31.5 Å². The minimum absolute atomic E-state index is 0.0118. The molecule has 1 aromatic carbocycles. The van der Waals surface area contributed by atoms with Gasteiger partial charge in [0.25, 0.3) is 5.92 Å². The van der Waals surface area contributed by atoms with E-state index in [9.17, 15) is 26.7 Å². The third kappa shape index (κ3) is 3.38. The van der Waals surface area contributed by atoms with Gasteiger partial charge in [0, 0.05) is 25.3 Å². The van der Waals surface area contributed by atoms with Gasteiger partial charge in [0.2, 0.25) is 5.91 Å². The molecule has 0 saturated heterocycles. The smallest absolute Gasteiger partial charge is 0.358 e. The van der Waals surface area contributed by atoms with Crippen LogP contribution in [0.2, 0.25) is 5.15 Å². The number of amides is 1. The Morgan fingerprint density at radius 3 is 2.33 bits per heavy atom. The van der Waals surface area contributed by atoms with Gasteiger partial charge in [0.05, 0.1) is 23.5 Å². The predicted octanol–water partition coefficient (Wildman–Crippen LogP) is 5.87. The largest absolute Gasteiger partial charge is 0.401 e. The zero-order valence-corrected chi connectivity index (χ0v) is 21.0. The third-order valence-electron chi connectivity index (χ3n) is 7.13. The fourth-order valence-electron chi connectivity index (χ4n) is 5.00. The Balaban J connectivity index is 0.00000148. The number of nitrogens with one attached hydrogen (secondary N) is 1. The van der Waals surface area contributed by atoms with E-state index in [1.807, 2.05) is 13.8 Å². The average Bonchev–Trinajstić information content (AvgIpc) is 3.12. The molecule has 0 bridgehead atoms. The molecule has 1 N–H and O–H groups in total. The lowest BCUT2D eigenvalue weighted by Gasteiger charge is -2.28. The number of hydrogen-bond acceptors (Lipinski definition) is 4. The Bertz CT molecular complexity index is 1320. The second-order valence-electron chi connectivity index (χ2n) is 9.07. The number of rotatable bonds is 3. The molecular weight excluding hydrogens is 505 g/mol. The van der Waals surface area contributed by atoms with Crippen LogP contribution < -0.4 is 10.2 Å². The average molecular weight is 530 g/mol. The van der Waals surface area contributed by atoms with Gasteiger partial charge in [-0.3, -0.25) is 4.79 Å². The molecule has 1 fully saturated rings. The van der Waals surface area contributed by atoms with Crippen LogP contribution in [0.15, 0.2) is 36.5 Å². The summed E-state index contributed by atoms with van der Waals surface area (Å²) in [5, 5.41) is 6.28. The summed E-state index contributed by atoms with van der Waals surface area (Å²) in [6.45, 7) is 5.82. The molecule has 1 aliphatic carbocycles. The third-order valence-corrected chi connectivity index (χ3v) is 7.32. The van der Waals surface area contributed by atoms with Gasteiger partial charge in [-0.1, -0.05) is 37.6 Å². The first-order valence-corrected chi connectivity index (χ1v) is 11.7. The van der Waals surface area contributed by atoms with E-state index in [1.54, 1.807) is 0 Å². The van der Waals surface area contributed by atoms with Crippen molar-refractivity contribution >= 4 is 34.5 Å².